The fraction of sp³-hybridized carbons (Fsp3) is 0.286. The zero-order valence-corrected chi connectivity index (χ0v) is 16.9. The van der Waals surface area contributed by atoms with Crippen LogP contribution in [0.25, 0.3) is 11.3 Å². The lowest BCUT2D eigenvalue weighted by atomic mass is 10.1. The molecule has 29 heavy (non-hydrogen) atoms. The normalized spacial score (nSPS) is 14.1. The molecule has 0 saturated carbocycles. The fourth-order valence-electron chi connectivity index (χ4n) is 3.45. The molecule has 7 nitrogen and oxygen atoms in total. The number of piperazine rings is 1. The zero-order valence-electron chi connectivity index (χ0n) is 16.1. The first-order valence-corrected chi connectivity index (χ1v) is 9.96. The van der Waals surface area contributed by atoms with Crippen molar-refractivity contribution in [2.75, 3.05) is 37.7 Å². The Morgan fingerprint density at radius 3 is 2.72 bits per heavy atom. The Morgan fingerprint density at radius 1 is 1.21 bits per heavy atom. The monoisotopic (exact) mass is 411 g/mol. The molecule has 3 heterocycles. The molecule has 1 amide bonds. The van der Waals surface area contributed by atoms with Gasteiger partial charge in [0.05, 0.1) is 29.1 Å². The van der Waals surface area contributed by atoms with Gasteiger partial charge in [0.25, 0.3) is 5.91 Å². The van der Waals surface area contributed by atoms with E-state index in [1.165, 1.54) is 0 Å². The third-order valence-electron chi connectivity index (χ3n) is 4.93. The van der Waals surface area contributed by atoms with Crippen LogP contribution in [0.2, 0.25) is 5.02 Å². The summed E-state index contributed by atoms with van der Waals surface area (Å²) >= 11 is 6.31. The SMILES string of the molecule is CCOc1ccc(-c2[nH]ncc2C(=O)N2CCN(c3ccccn3)CC2)cc1Cl. The van der Waals surface area contributed by atoms with E-state index in [0.717, 1.165) is 24.5 Å². The Hall–Kier alpha value is -3.06. The van der Waals surface area contributed by atoms with Crippen LogP contribution < -0.4 is 9.64 Å². The van der Waals surface area contributed by atoms with Crippen LogP contribution in [0.1, 0.15) is 17.3 Å². The number of H-pyrrole nitrogens is 1. The van der Waals surface area contributed by atoms with Crippen LogP contribution in [0, 0.1) is 0 Å². The molecule has 4 rings (SSSR count). The Kier molecular flexibility index (Phi) is 5.67. The van der Waals surface area contributed by atoms with E-state index in [9.17, 15) is 4.79 Å². The number of amides is 1. The number of benzene rings is 1. The molecule has 1 N–H and O–H groups in total. The number of carbonyl (C=O) groups is 1. The lowest BCUT2D eigenvalue weighted by Crippen LogP contribution is -2.49. The summed E-state index contributed by atoms with van der Waals surface area (Å²) in [5, 5.41) is 7.54. The molecule has 0 atom stereocenters. The van der Waals surface area contributed by atoms with E-state index < -0.39 is 0 Å². The summed E-state index contributed by atoms with van der Waals surface area (Å²) in [4.78, 5) is 21.6. The molecule has 0 spiro atoms. The molecule has 8 heteroatoms. The van der Waals surface area contributed by atoms with Gasteiger partial charge >= 0.3 is 0 Å². The van der Waals surface area contributed by atoms with Crippen LogP contribution in [0.3, 0.4) is 0 Å². The number of nitrogens with one attached hydrogen (secondary N) is 1. The number of hydrogen-bond donors (Lipinski definition) is 1. The first kappa shape index (κ1) is 19.3. The summed E-state index contributed by atoms with van der Waals surface area (Å²) in [6.45, 7) is 5.19. The second kappa shape index (κ2) is 8.53. The Balaban J connectivity index is 1.49. The van der Waals surface area contributed by atoms with Gasteiger partial charge in [-0.1, -0.05) is 17.7 Å². The molecule has 150 valence electrons. The Bertz CT molecular complexity index is 984. The number of aromatic nitrogens is 3. The molecule has 0 bridgehead atoms. The van der Waals surface area contributed by atoms with E-state index in [2.05, 4.69) is 20.1 Å². The van der Waals surface area contributed by atoms with Crippen LogP contribution in [0.5, 0.6) is 5.75 Å². The van der Waals surface area contributed by atoms with Crippen molar-refractivity contribution < 1.29 is 9.53 Å². The van der Waals surface area contributed by atoms with Gasteiger partial charge in [0.15, 0.2) is 0 Å². The highest BCUT2D eigenvalue weighted by Gasteiger charge is 2.26. The highest BCUT2D eigenvalue weighted by molar-refractivity contribution is 6.32. The zero-order chi connectivity index (χ0) is 20.2. The van der Waals surface area contributed by atoms with Gasteiger partial charge in [-0.25, -0.2) is 4.98 Å². The Morgan fingerprint density at radius 2 is 2.03 bits per heavy atom. The largest absolute Gasteiger partial charge is 0.492 e. The van der Waals surface area contributed by atoms with E-state index in [4.69, 9.17) is 16.3 Å². The van der Waals surface area contributed by atoms with Gasteiger partial charge in [-0.3, -0.25) is 9.89 Å². The smallest absolute Gasteiger partial charge is 0.257 e. The van der Waals surface area contributed by atoms with Gasteiger partial charge in [0, 0.05) is 37.9 Å². The summed E-state index contributed by atoms with van der Waals surface area (Å²) in [5.74, 6) is 1.52. The van der Waals surface area contributed by atoms with E-state index >= 15 is 0 Å². The van der Waals surface area contributed by atoms with Crippen LogP contribution in [-0.2, 0) is 0 Å². The van der Waals surface area contributed by atoms with Crippen molar-refractivity contribution in [3.8, 4) is 17.0 Å². The number of pyridine rings is 1. The topological polar surface area (TPSA) is 74.3 Å². The number of nitrogens with zero attached hydrogens (tertiary/aromatic N) is 4. The van der Waals surface area contributed by atoms with E-state index in [-0.39, 0.29) is 5.91 Å². The second-order valence-electron chi connectivity index (χ2n) is 6.70. The van der Waals surface area contributed by atoms with Gasteiger partial charge in [0.1, 0.15) is 11.6 Å². The molecule has 0 unspecified atom stereocenters. The quantitative estimate of drug-likeness (QED) is 0.695. The standard InChI is InChI=1S/C21H22ClN5O2/c1-2-29-18-7-6-15(13-17(18)22)20-16(14-24-25-20)21(28)27-11-9-26(10-12-27)19-5-3-4-8-23-19/h3-8,13-14H,2,9-12H2,1H3,(H,24,25). The van der Waals surface area contributed by atoms with Crippen molar-refractivity contribution in [3.05, 3.63) is 59.4 Å². The number of halogens is 1. The second-order valence-corrected chi connectivity index (χ2v) is 7.11. The Labute approximate surface area is 174 Å². The summed E-state index contributed by atoms with van der Waals surface area (Å²) in [6.07, 6.45) is 3.36. The number of rotatable bonds is 5. The van der Waals surface area contributed by atoms with Crippen molar-refractivity contribution in [3.63, 3.8) is 0 Å². The van der Waals surface area contributed by atoms with E-state index in [0.29, 0.717) is 41.7 Å². The molecule has 1 aliphatic rings. The van der Waals surface area contributed by atoms with Gasteiger partial charge in [-0.05, 0) is 37.3 Å². The van der Waals surface area contributed by atoms with Crippen molar-refractivity contribution >= 4 is 23.3 Å². The highest BCUT2D eigenvalue weighted by Crippen LogP contribution is 2.31. The molecule has 2 aromatic heterocycles. The molecule has 1 aliphatic heterocycles. The summed E-state index contributed by atoms with van der Waals surface area (Å²) in [5.41, 5.74) is 2.00. The first-order chi connectivity index (χ1) is 14.2. The lowest BCUT2D eigenvalue weighted by molar-refractivity contribution is 0.0747. The first-order valence-electron chi connectivity index (χ1n) is 9.58. The number of anilines is 1. The van der Waals surface area contributed by atoms with Crippen LogP contribution in [-0.4, -0.2) is 58.8 Å². The van der Waals surface area contributed by atoms with Gasteiger partial charge in [-0.15, -0.1) is 0 Å². The molecule has 1 saturated heterocycles. The molecule has 0 radical (unpaired) electrons. The maximum absolute atomic E-state index is 13.1. The maximum atomic E-state index is 13.1. The minimum atomic E-state index is -0.0422. The average molecular weight is 412 g/mol. The van der Waals surface area contributed by atoms with Crippen LogP contribution in [0.15, 0.2) is 48.8 Å². The van der Waals surface area contributed by atoms with Gasteiger partial charge < -0.3 is 14.5 Å². The molecule has 3 aromatic rings. The molecule has 1 aromatic carbocycles. The van der Waals surface area contributed by atoms with Crippen molar-refractivity contribution in [1.82, 2.24) is 20.1 Å². The highest BCUT2D eigenvalue weighted by atomic mass is 35.5. The summed E-state index contributed by atoms with van der Waals surface area (Å²) in [7, 11) is 0. The van der Waals surface area contributed by atoms with Crippen LogP contribution >= 0.6 is 11.6 Å². The molecular formula is C21H22ClN5O2. The van der Waals surface area contributed by atoms with Crippen LogP contribution in [0.4, 0.5) is 5.82 Å². The third kappa shape index (κ3) is 4.05. The third-order valence-corrected chi connectivity index (χ3v) is 5.23. The van der Waals surface area contributed by atoms with Crippen molar-refractivity contribution in [2.45, 2.75) is 6.92 Å². The minimum Gasteiger partial charge on any atom is -0.492 e. The van der Waals surface area contributed by atoms with Gasteiger partial charge in [-0.2, -0.15) is 5.10 Å². The molecule has 1 fully saturated rings. The number of hydrogen-bond acceptors (Lipinski definition) is 5. The number of carbonyl (C=O) groups excluding carboxylic acids is 1. The van der Waals surface area contributed by atoms with Gasteiger partial charge in [0.2, 0.25) is 0 Å². The lowest BCUT2D eigenvalue weighted by Gasteiger charge is -2.35. The average Bonchev–Trinajstić information content (AvgIpc) is 3.25. The fourth-order valence-corrected chi connectivity index (χ4v) is 3.68. The predicted molar refractivity (Wildman–Crippen MR) is 113 cm³/mol. The maximum Gasteiger partial charge on any atom is 0.257 e. The summed E-state index contributed by atoms with van der Waals surface area (Å²) < 4.78 is 5.49. The number of aromatic amines is 1. The minimum absolute atomic E-state index is 0.0422. The molecule has 0 aliphatic carbocycles. The van der Waals surface area contributed by atoms with E-state index in [1.807, 2.05) is 42.2 Å². The predicted octanol–water partition coefficient (Wildman–Crippen LogP) is 3.49. The van der Waals surface area contributed by atoms with Crippen molar-refractivity contribution in [1.29, 1.82) is 0 Å². The van der Waals surface area contributed by atoms with E-state index in [1.54, 1.807) is 18.5 Å². The summed E-state index contributed by atoms with van der Waals surface area (Å²) in [6, 6.07) is 11.3. The van der Waals surface area contributed by atoms with Crippen molar-refractivity contribution in [2.24, 2.45) is 0 Å². The molecular weight excluding hydrogens is 390 g/mol. The number of ether oxygens (including phenoxy) is 1.